The topological polar surface area (TPSA) is 58.2 Å². The molecule has 0 aromatic heterocycles. The summed E-state index contributed by atoms with van der Waals surface area (Å²) in [4.78, 5) is 24.3. The Morgan fingerprint density at radius 2 is 1.39 bits per heavy atom. The highest BCUT2D eigenvalue weighted by atomic mass is 16.2. The van der Waals surface area contributed by atoms with Gasteiger partial charge in [-0.3, -0.25) is 9.59 Å². The predicted octanol–water partition coefficient (Wildman–Crippen LogP) is 4.43. The van der Waals surface area contributed by atoms with Crippen molar-refractivity contribution in [2.45, 2.75) is 19.3 Å². The zero-order valence-electron chi connectivity index (χ0n) is 15.7. The van der Waals surface area contributed by atoms with Gasteiger partial charge in [-0.25, -0.2) is 0 Å². The van der Waals surface area contributed by atoms with Crippen LogP contribution >= 0.6 is 0 Å². The van der Waals surface area contributed by atoms with E-state index in [1.165, 1.54) is 5.56 Å². The van der Waals surface area contributed by atoms with Gasteiger partial charge in [-0.05, 0) is 42.2 Å². The third kappa shape index (κ3) is 5.81. The monoisotopic (exact) mass is 372 g/mol. The Bertz CT molecular complexity index is 908. The molecule has 2 N–H and O–H groups in total. The highest BCUT2D eigenvalue weighted by Gasteiger charge is 2.08. The van der Waals surface area contributed by atoms with E-state index in [9.17, 15) is 9.59 Å². The molecular weight excluding hydrogens is 348 g/mol. The van der Waals surface area contributed by atoms with Crippen LogP contribution in [0.1, 0.15) is 34.3 Å². The Morgan fingerprint density at radius 1 is 0.750 bits per heavy atom. The zero-order chi connectivity index (χ0) is 19.6. The number of anilines is 1. The average molecular weight is 372 g/mol. The van der Waals surface area contributed by atoms with E-state index in [-0.39, 0.29) is 11.8 Å². The fraction of sp³-hybridized carbons (Fsp3) is 0.167. The fourth-order valence-corrected chi connectivity index (χ4v) is 2.97. The van der Waals surface area contributed by atoms with E-state index >= 15 is 0 Å². The molecular formula is C24H24N2O2. The summed E-state index contributed by atoms with van der Waals surface area (Å²) in [5, 5.41) is 5.84. The van der Waals surface area contributed by atoms with Crippen LogP contribution in [0.5, 0.6) is 0 Å². The van der Waals surface area contributed by atoms with Crippen LogP contribution < -0.4 is 10.6 Å². The first-order chi connectivity index (χ1) is 13.7. The summed E-state index contributed by atoms with van der Waals surface area (Å²) >= 11 is 0. The van der Waals surface area contributed by atoms with E-state index < -0.39 is 0 Å². The van der Waals surface area contributed by atoms with Crippen molar-refractivity contribution in [3.63, 3.8) is 0 Å². The lowest BCUT2D eigenvalue weighted by atomic mass is 10.0. The SMILES string of the molecule is O=C(CCCNC(=O)c1ccccc1)Nc1ccccc1Cc1ccccc1. The molecule has 3 aromatic rings. The van der Waals surface area contributed by atoms with Crippen LogP contribution in [0.4, 0.5) is 5.69 Å². The number of para-hydroxylation sites is 1. The second-order valence-electron chi connectivity index (χ2n) is 6.59. The molecule has 3 aromatic carbocycles. The minimum atomic E-state index is -0.116. The quantitative estimate of drug-likeness (QED) is 0.575. The van der Waals surface area contributed by atoms with Crippen molar-refractivity contribution >= 4 is 17.5 Å². The lowest BCUT2D eigenvalue weighted by Gasteiger charge is -2.11. The van der Waals surface area contributed by atoms with Gasteiger partial charge in [0.2, 0.25) is 5.91 Å². The van der Waals surface area contributed by atoms with Gasteiger partial charge in [0.15, 0.2) is 0 Å². The van der Waals surface area contributed by atoms with E-state index in [0.717, 1.165) is 17.7 Å². The Labute approximate surface area is 165 Å². The largest absolute Gasteiger partial charge is 0.352 e. The maximum absolute atomic E-state index is 12.3. The predicted molar refractivity (Wildman–Crippen MR) is 112 cm³/mol. The molecule has 0 aliphatic carbocycles. The Balaban J connectivity index is 1.47. The lowest BCUT2D eigenvalue weighted by Crippen LogP contribution is -2.25. The maximum atomic E-state index is 12.3. The number of carbonyl (C=O) groups is 2. The molecule has 0 radical (unpaired) electrons. The van der Waals surface area contributed by atoms with Gasteiger partial charge in [0, 0.05) is 24.2 Å². The first-order valence-corrected chi connectivity index (χ1v) is 9.47. The molecule has 0 bridgehead atoms. The second kappa shape index (κ2) is 10.1. The van der Waals surface area contributed by atoms with Crippen molar-refractivity contribution < 1.29 is 9.59 Å². The molecule has 0 atom stereocenters. The van der Waals surface area contributed by atoms with Gasteiger partial charge in [0.25, 0.3) is 5.91 Å². The summed E-state index contributed by atoms with van der Waals surface area (Å²) in [5.74, 6) is -0.163. The first-order valence-electron chi connectivity index (χ1n) is 9.47. The zero-order valence-corrected chi connectivity index (χ0v) is 15.7. The number of carbonyl (C=O) groups excluding carboxylic acids is 2. The molecule has 0 saturated heterocycles. The number of rotatable bonds is 8. The van der Waals surface area contributed by atoms with Gasteiger partial charge in [0.05, 0.1) is 0 Å². The Kier molecular flexibility index (Phi) is 6.96. The van der Waals surface area contributed by atoms with Crippen molar-refractivity contribution in [1.82, 2.24) is 5.32 Å². The molecule has 0 fully saturated rings. The van der Waals surface area contributed by atoms with Crippen LogP contribution in [0.2, 0.25) is 0 Å². The minimum absolute atomic E-state index is 0.0468. The van der Waals surface area contributed by atoms with Crippen LogP contribution in [0, 0.1) is 0 Å². The van der Waals surface area contributed by atoms with E-state index in [2.05, 4.69) is 22.8 Å². The molecule has 4 heteroatoms. The maximum Gasteiger partial charge on any atom is 0.251 e. The Morgan fingerprint density at radius 3 is 2.14 bits per heavy atom. The van der Waals surface area contributed by atoms with Crippen molar-refractivity contribution in [3.05, 3.63) is 102 Å². The summed E-state index contributed by atoms with van der Waals surface area (Å²) in [6.07, 6.45) is 1.71. The van der Waals surface area contributed by atoms with Gasteiger partial charge in [0.1, 0.15) is 0 Å². The molecule has 3 rings (SSSR count). The highest BCUT2D eigenvalue weighted by Crippen LogP contribution is 2.19. The fourth-order valence-electron chi connectivity index (χ4n) is 2.97. The number of amides is 2. The van der Waals surface area contributed by atoms with E-state index in [4.69, 9.17) is 0 Å². The first kappa shape index (κ1) is 19.4. The van der Waals surface area contributed by atoms with Crippen molar-refractivity contribution in [3.8, 4) is 0 Å². The van der Waals surface area contributed by atoms with Gasteiger partial charge >= 0.3 is 0 Å². The molecule has 28 heavy (non-hydrogen) atoms. The third-order valence-electron chi connectivity index (χ3n) is 4.43. The average Bonchev–Trinajstić information content (AvgIpc) is 2.74. The molecule has 4 nitrogen and oxygen atoms in total. The van der Waals surface area contributed by atoms with Gasteiger partial charge in [-0.15, -0.1) is 0 Å². The summed E-state index contributed by atoms with van der Waals surface area (Å²) in [6, 6.07) is 27.1. The molecule has 0 heterocycles. The second-order valence-corrected chi connectivity index (χ2v) is 6.59. The van der Waals surface area contributed by atoms with E-state index in [1.54, 1.807) is 12.1 Å². The summed E-state index contributed by atoms with van der Waals surface area (Å²) < 4.78 is 0. The number of hydrogen-bond donors (Lipinski definition) is 2. The molecule has 2 amide bonds. The normalized spacial score (nSPS) is 10.3. The van der Waals surface area contributed by atoms with Crippen molar-refractivity contribution in [2.75, 3.05) is 11.9 Å². The Hall–Kier alpha value is -3.40. The summed E-state index contributed by atoms with van der Waals surface area (Å²) in [5.41, 5.74) is 3.75. The minimum Gasteiger partial charge on any atom is -0.352 e. The molecule has 0 aliphatic rings. The lowest BCUT2D eigenvalue weighted by molar-refractivity contribution is -0.116. The van der Waals surface area contributed by atoms with Gasteiger partial charge in [-0.1, -0.05) is 66.7 Å². The standard InChI is InChI=1S/C24H24N2O2/c27-23(16-9-17-25-24(28)20-12-5-2-6-13-20)26-22-15-8-7-14-21(22)18-19-10-3-1-4-11-19/h1-8,10-15H,9,16-18H2,(H,25,28)(H,26,27). The van der Waals surface area contributed by atoms with Crippen LogP contribution in [-0.2, 0) is 11.2 Å². The van der Waals surface area contributed by atoms with Crippen LogP contribution in [-0.4, -0.2) is 18.4 Å². The number of nitrogens with one attached hydrogen (secondary N) is 2. The van der Waals surface area contributed by atoms with E-state index in [0.29, 0.717) is 24.9 Å². The van der Waals surface area contributed by atoms with Crippen molar-refractivity contribution in [2.24, 2.45) is 0 Å². The van der Waals surface area contributed by atoms with Crippen LogP contribution in [0.3, 0.4) is 0 Å². The smallest absolute Gasteiger partial charge is 0.251 e. The molecule has 0 aliphatic heterocycles. The van der Waals surface area contributed by atoms with E-state index in [1.807, 2.05) is 60.7 Å². The van der Waals surface area contributed by atoms with Crippen LogP contribution in [0.25, 0.3) is 0 Å². The van der Waals surface area contributed by atoms with Gasteiger partial charge < -0.3 is 10.6 Å². The molecule has 0 unspecified atom stereocenters. The summed E-state index contributed by atoms with van der Waals surface area (Å²) in [6.45, 7) is 0.465. The summed E-state index contributed by atoms with van der Waals surface area (Å²) in [7, 11) is 0. The number of hydrogen-bond acceptors (Lipinski definition) is 2. The molecule has 0 spiro atoms. The molecule has 0 saturated carbocycles. The third-order valence-corrected chi connectivity index (χ3v) is 4.43. The van der Waals surface area contributed by atoms with Gasteiger partial charge in [-0.2, -0.15) is 0 Å². The molecule has 142 valence electrons. The van der Waals surface area contributed by atoms with Crippen LogP contribution in [0.15, 0.2) is 84.9 Å². The number of benzene rings is 3. The highest BCUT2D eigenvalue weighted by molar-refractivity contribution is 5.94. The van der Waals surface area contributed by atoms with Crippen molar-refractivity contribution in [1.29, 1.82) is 0 Å².